The molecule has 1 heterocycles. The van der Waals surface area contributed by atoms with E-state index in [0.717, 1.165) is 24.3 Å². The minimum Gasteiger partial charge on any atom is -0.487 e. The molecule has 2 rings (SSSR count). The Labute approximate surface area is 115 Å². The van der Waals surface area contributed by atoms with Crippen LogP contribution in [0, 0.1) is 5.92 Å². The first kappa shape index (κ1) is 14.2. The van der Waals surface area contributed by atoms with Crippen LogP contribution >= 0.6 is 0 Å². The van der Waals surface area contributed by atoms with Gasteiger partial charge in [0, 0.05) is 12.0 Å². The van der Waals surface area contributed by atoms with Crippen LogP contribution in [-0.2, 0) is 6.42 Å². The van der Waals surface area contributed by atoms with Crippen LogP contribution in [0.15, 0.2) is 18.2 Å². The van der Waals surface area contributed by atoms with Crippen molar-refractivity contribution >= 4 is 0 Å². The van der Waals surface area contributed by atoms with Crippen molar-refractivity contribution < 1.29 is 14.6 Å². The Morgan fingerprint density at radius 1 is 1.42 bits per heavy atom. The van der Waals surface area contributed by atoms with Crippen LogP contribution in [0.3, 0.4) is 0 Å². The topological polar surface area (TPSA) is 38.7 Å². The molecule has 0 aliphatic carbocycles. The van der Waals surface area contributed by atoms with Crippen molar-refractivity contribution in [3.63, 3.8) is 0 Å². The van der Waals surface area contributed by atoms with E-state index in [9.17, 15) is 5.11 Å². The molecule has 2 unspecified atom stereocenters. The van der Waals surface area contributed by atoms with E-state index in [1.807, 2.05) is 19.1 Å². The van der Waals surface area contributed by atoms with Gasteiger partial charge in [0.25, 0.3) is 0 Å². The van der Waals surface area contributed by atoms with Crippen molar-refractivity contribution in [2.24, 2.45) is 5.92 Å². The van der Waals surface area contributed by atoms with Gasteiger partial charge < -0.3 is 14.6 Å². The van der Waals surface area contributed by atoms with E-state index < -0.39 is 6.10 Å². The van der Waals surface area contributed by atoms with Gasteiger partial charge in [0.1, 0.15) is 12.2 Å². The third kappa shape index (κ3) is 3.21. The summed E-state index contributed by atoms with van der Waals surface area (Å²) < 4.78 is 11.7. The van der Waals surface area contributed by atoms with E-state index >= 15 is 0 Å². The Balaban J connectivity index is 2.05. The first-order chi connectivity index (χ1) is 8.93. The summed E-state index contributed by atoms with van der Waals surface area (Å²) in [6, 6.07) is 5.96. The summed E-state index contributed by atoms with van der Waals surface area (Å²) in [6.07, 6.45) is 1.41. The zero-order valence-corrected chi connectivity index (χ0v) is 12.3. The highest BCUT2D eigenvalue weighted by Gasteiger charge is 2.32. The second-order valence-electron chi connectivity index (χ2n) is 6.05. The highest BCUT2D eigenvalue weighted by Crippen LogP contribution is 2.41. The smallest absolute Gasteiger partial charge is 0.165 e. The molecule has 2 atom stereocenters. The number of ether oxygens (including phenoxy) is 2. The van der Waals surface area contributed by atoms with Crippen molar-refractivity contribution in [3.8, 4) is 11.5 Å². The molecule has 3 heteroatoms. The molecule has 1 aliphatic rings. The molecule has 1 aliphatic heterocycles. The first-order valence-corrected chi connectivity index (χ1v) is 7.04. The fourth-order valence-corrected chi connectivity index (χ4v) is 2.31. The molecule has 0 saturated heterocycles. The minimum absolute atomic E-state index is 0.170. The van der Waals surface area contributed by atoms with Gasteiger partial charge in [0.05, 0.1) is 6.10 Å². The molecule has 0 amide bonds. The Bertz CT molecular complexity index is 440. The number of aliphatic hydroxyl groups is 1. The first-order valence-electron chi connectivity index (χ1n) is 7.04. The molecule has 106 valence electrons. The Morgan fingerprint density at radius 2 is 2.16 bits per heavy atom. The molecule has 1 aromatic carbocycles. The number of rotatable bonds is 5. The van der Waals surface area contributed by atoms with Gasteiger partial charge in [-0.1, -0.05) is 32.4 Å². The molecular weight excluding hydrogens is 240 g/mol. The molecular formula is C16H24O3. The number of aliphatic hydroxyl groups excluding tert-OH is 1. The Hall–Kier alpha value is -1.22. The summed E-state index contributed by atoms with van der Waals surface area (Å²) in [5.74, 6) is 1.82. The van der Waals surface area contributed by atoms with E-state index in [1.165, 1.54) is 5.56 Å². The van der Waals surface area contributed by atoms with Crippen molar-refractivity contribution in [1.82, 2.24) is 0 Å². The SMILES string of the molecule is CCC(C)C(O)COc1cccc2c1OC(C)(C)C2. The number of benzene rings is 1. The number of para-hydroxylation sites is 1. The molecule has 3 nitrogen and oxygen atoms in total. The second-order valence-corrected chi connectivity index (χ2v) is 6.05. The molecule has 1 N–H and O–H groups in total. The van der Waals surface area contributed by atoms with Crippen LogP contribution in [0.25, 0.3) is 0 Å². The van der Waals surface area contributed by atoms with E-state index in [4.69, 9.17) is 9.47 Å². The molecule has 0 aromatic heterocycles. The third-order valence-electron chi connectivity index (χ3n) is 3.77. The Kier molecular flexibility index (Phi) is 4.04. The van der Waals surface area contributed by atoms with E-state index in [1.54, 1.807) is 0 Å². The molecule has 0 radical (unpaired) electrons. The molecule has 0 bridgehead atoms. The van der Waals surface area contributed by atoms with E-state index in [0.29, 0.717) is 6.61 Å². The maximum atomic E-state index is 9.96. The highest BCUT2D eigenvalue weighted by atomic mass is 16.5. The summed E-state index contributed by atoms with van der Waals surface area (Å²) in [5, 5.41) is 9.96. The average molecular weight is 264 g/mol. The maximum Gasteiger partial charge on any atom is 0.165 e. The van der Waals surface area contributed by atoms with Crippen LogP contribution < -0.4 is 9.47 Å². The summed E-state index contributed by atoms with van der Waals surface area (Å²) >= 11 is 0. The van der Waals surface area contributed by atoms with Gasteiger partial charge in [0.2, 0.25) is 0 Å². The molecule has 19 heavy (non-hydrogen) atoms. The third-order valence-corrected chi connectivity index (χ3v) is 3.77. The highest BCUT2D eigenvalue weighted by molar-refractivity contribution is 5.50. The van der Waals surface area contributed by atoms with Gasteiger partial charge in [-0.25, -0.2) is 0 Å². The van der Waals surface area contributed by atoms with Crippen LogP contribution in [-0.4, -0.2) is 23.4 Å². The fraction of sp³-hybridized carbons (Fsp3) is 0.625. The number of fused-ring (bicyclic) bond motifs is 1. The monoisotopic (exact) mass is 264 g/mol. The van der Waals surface area contributed by atoms with Gasteiger partial charge in [-0.05, 0) is 25.8 Å². The largest absolute Gasteiger partial charge is 0.487 e. The second kappa shape index (κ2) is 5.41. The normalized spacial score (nSPS) is 19.4. The lowest BCUT2D eigenvalue weighted by atomic mass is 10.0. The predicted octanol–water partition coefficient (Wildman–Crippen LogP) is 3.19. The zero-order chi connectivity index (χ0) is 14.0. The van der Waals surface area contributed by atoms with Gasteiger partial charge in [-0.2, -0.15) is 0 Å². The number of hydrogen-bond acceptors (Lipinski definition) is 3. The lowest BCUT2D eigenvalue weighted by Crippen LogP contribution is -2.26. The minimum atomic E-state index is -0.435. The van der Waals surface area contributed by atoms with Crippen LogP contribution in [0.4, 0.5) is 0 Å². The van der Waals surface area contributed by atoms with Gasteiger partial charge in [-0.3, -0.25) is 0 Å². The van der Waals surface area contributed by atoms with Gasteiger partial charge >= 0.3 is 0 Å². The predicted molar refractivity (Wildman–Crippen MR) is 75.8 cm³/mol. The number of hydrogen-bond donors (Lipinski definition) is 1. The zero-order valence-electron chi connectivity index (χ0n) is 12.3. The van der Waals surface area contributed by atoms with Crippen LogP contribution in [0.5, 0.6) is 11.5 Å². The van der Waals surface area contributed by atoms with Crippen molar-refractivity contribution in [3.05, 3.63) is 23.8 Å². The average Bonchev–Trinajstić information content (AvgIpc) is 2.69. The van der Waals surface area contributed by atoms with Gasteiger partial charge in [-0.15, -0.1) is 0 Å². The summed E-state index contributed by atoms with van der Waals surface area (Å²) in [7, 11) is 0. The Morgan fingerprint density at radius 3 is 2.84 bits per heavy atom. The summed E-state index contributed by atoms with van der Waals surface area (Å²) in [5.41, 5.74) is 1.01. The van der Waals surface area contributed by atoms with Crippen molar-refractivity contribution in [2.75, 3.05) is 6.61 Å². The standard InChI is InChI=1S/C16H24O3/c1-5-11(2)13(17)10-18-14-8-6-7-12-9-16(3,4)19-15(12)14/h6-8,11,13,17H,5,9-10H2,1-4H3. The van der Waals surface area contributed by atoms with Crippen LogP contribution in [0.2, 0.25) is 0 Å². The summed E-state index contributed by atoms with van der Waals surface area (Å²) in [4.78, 5) is 0. The van der Waals surface area contributed by atoms with Gasteiger partial charge in [0.15, 0.2) is 11.5 Å². The molecule has 0 fully saturated rings. The lowest BCUT2D eigenvalue weighted by Gasteiger charge is -2.20. The van der Waals surface area contributed by atoms with Crippen molar-refractivity contribution in [1.29, 1.82) is 0 Å². The van der Waals surface area contributed by atoms with E-state index in [-0.39, 0.29) is 11.5 Å². The van der Waals surface area contributed by atoms with E-state index in [2.05, 4.69) is 26.8 Å². The lowest BCUT2D eigenvalue weighted by molar-refractivity contribution is 0.0588. The maximum absolute atomic E-state index is 9.96. The molecule has 0 saturated carbocycles. The fourth-order valence-electron chi connectivity index (χ4n) is 2.31. The van der Waals surface area contributed by atoms with Crippen LogP contribution in [0.1, 0.15) is 39.7 Å². The quantitative estimate of drug-likeness (QED) is 0.887. The molecule has 0 spiro atoms. The molecule has 1 aromatic rings. The van der Waals surface area contributed by atoms with Crippen molar-refractivity contribution in [2.45, 2.75) is 52.2 Å². The summed E-state index contributed by atoms with van der Waals surface area (Å²) in [6.45, 7) is 8.56.